The number of aliphatic hydroxyl groups is 1. The Labute approximate surface area is 92.7 Å². The monoisotopic (exact) mass is 232 g/mol. The first-order valence-electron chi connectivity index (χ1n) is 4.04. The van der Waals surface area contributed by atoms with Gasteiger partial charge in [-0.3, -0.25) is 0 Å². The molecular formula is C10H10Cl2O2. The van der Waals surface area contributed by atoms with Crippen LogP contribution in [-0.4, -0.2) is 11.7 Å². The number of hydrogen-bond donors (Lipinski definition) is 1. The Hall–Kier alpha value is -0.700. The lowest BCUT2D eigenvalue weighted by molar-refractivity contribution is 0.269. The summed E-state index contributed by atoms with van der Waals surface area (Å²) in [6.07, 6.45) is 0. The lowest BCUT2D eigenvalue weighted by Crippen LogP contribution is -1.99. The Kier molecular flexibility index (Phi) is 4.80. The van der Waals surface area contributed by atoms with Gasteiger partial charge in [0.25, 0.3) is 0 Å². The topological polar surface area (TPSA) is 29.5 Å². The minimum absolute atomic E-state index is 0.0572. The molecule has 76 valence electrons. The van der Waals surface area contributed by atoms with Crippen molar-refractivity contribution in [3.8, 4) is 5.75 Å². The van der Waals surface area contributed by atoms with Crippen LogP contribution < -0.4 is 4.74 Å². The van der Waals surface area contributed by atoms with Gasteiger partial charge in [-0.15, -0.1) is 0 Å². The van der Waals surface area contributed by atoms with Gasteiger partial charge in [0.1, 0.15) is 12.4 Å². The Morgan fingerprint density at radius 2 is 2.14 bits per heavy atom. The molecule has 0 amide bonds. The first-order chi connectivity index (χ1) is 6.77. The molecule has 0 saturated heterocycles. The van der Waals surface area contributed by atoms with Crippen molar-refractivity contribution in [3.63, 3.8) is 0 Å². The van der Waals surface area contributed by atoms with E-state index >= 15 is 0 Å². The van der Waals surface area contributed by atoms with Crippen molar-refractivity contribution < 1.29 is 9.84 Å². The summed E-state index contributed by atoms with van der Waals surface area (Å²) in [5.41, 5.74) is 1.98. The SMILES string of the molecule is OCc1ccccc1OCC(Cl)=CCl. The van der Waals surface area contributed by atoms with Crippen molar-refractivity contribution in [2.75, 3.05) is 6.61 Å². The van der Waals surface area contributed by atoms with E-state index in [9.17, 15) is 0 Å². The number of ether oxygens (including phenoxy) is 1. The van der Waals surface area contributed by atoms with Crippen molar-refractivity contribution in [1.82, 2.24) is 0 Å². The molecule has 0 heterocycles. The zero-order valence-corrected chi connectivity index (χ0v) is 8.92. The van der Waals surface area contributed by atoms with Gasteiger partial charge in [-0.2, -0.15) is 0 Å². The zero-order valence-electron chi connectivity index (χ0n) is 7.41. The maximum Gasteiger partial charge on any atom is 0.125 e. The lowest BCUT2D eigenvalue weighted by atomic mass is 10.2. The first-order valence-corrected chi connectivity index (χ1v) is 4.85. The number of halogens is 2. The van der Waals surface area contributed by atoms with Gasteiger partial charge < -0.3 is 9.84 Å². The standard InChI is InChI=1S/C10H10Cl2O2/c11-5-9(12)7-14-10-4-2-1-3-8(10)6-13/h1-5,13H,6-7H2. The van der Waals surface area contributed by atoms with Gasteiger partial charge in [-0.1, -0.05) is 41.4 Å². The predicted molar refractivity (Wildman–Crippen MR) is 57.6 cm³/mol. The maximum atomic E-state index is 8.99. The van der Waals surface area contributed by atoms with Crippen LogP contribution >= 0.6 is 23.2 Å². The highest BCUT2D eigenvalue weighted by atomic mass is 35.5. The van der Waals surface area contributed by atoms with E-state index in [1.165, 1.54) is 5.54 Å². The molecule has 0 bridgehead atoms. The summed E-state index contributed by atoms with van der Waals surface area (Å²) in [6.45, 7) is 0.153. The lowest BCUT2D eigenvalue weighted by Gasteiger charge is -2.08. The third kappa shape index (κ3) is 3.22. The molecule has 0 saturated carbocycles. The normalized spacial score (nSPS) is 11.5. The zero-order chi connectivity index (χ0) is 10.4. The molecule has 0 aliphatic heterocycles. The third-order valence-corrected chi connectivity index (χ3v) is 2.22. The molecule has 0 atom stereocenters. The van der Waals surface area contributed by atoms with E-state index in [-0.39, 0.29) is 13.2 Å². The van der Waals surface area contributed by atoms with Crippen molar-refractivity contribution in [3.05, 3.63) is 40.4 Å². The number of hydrogen-bond acceptors (Lipinski definition) is 2. The van der Waals surface area contributed by atoms with Crippen molar-refractivity contribution in [1.29, 1.82) is 0 Å². The maximum absolute atomic E-state index is 8.99. The van der Waals surface area contributed by atoms with Crippen LogP contribution in [-0.2, 0) is 6.61 Å². The molecule has 0 aliphatic rings. The molecule has 1 aromatic rings. The average Bonchev–Trinajstić information content (AvgIpc) is 2.26. The third-order valence-electron chi connectivity index (χ3n) is 1.63. The second-order valence-corrected chi connectivity index (χ2v) is 3.31. The van der Waals surface area contributed by atoms with Gasteiger partial charge in [0.2, 0.25) is 0 Å². The number of rotatable bonds is 4. The minimum atomic E-state index is -0.0572. The van der Waals surface area contributed by atoms with E-state index < -0.39 is 0 Å². The summed E-state index contributed by atoms with van der Waals surface area (Å²) in [5.74, 6) is 0.617. The molecule has 0 radical (unpaired) electrons. The fraction of sp³-hybridized carbons (Fsp3) is 0.200. The van der Waals surface area contributed by atoms with Crippen LogP contribution in [0.2, 0.25) is 0 Å². The van der Waals surface area contributed by atoms with Crippen LogP contribution in [0, 0.1) is 0 Å². The predicted octanol–water partition coefficient (Wildman–Crippen LogP) is 2.88. The molecule has 14 heavy (non-hydrogen) atoms. The summed E-state index contributed by atoms with van der Waals surface area (Å²) in [4.78, 5) is 0. The van der Waals surface area contributed by atoms with Gasteiger partial charge in [0, 0.05) is 11.1 Å². The summed E-state index contributed by atoms with van der Waals surface area (Å²) in [5, 5.41) is 9.40. The van der Waals surface area contributed by atoms with Gasteiger partial charge in [-0.05, 0) is 6.07 Å². The molecule has 1 rings (SSSR count). The Morgan fingerprint density at radius 3 is 2.79 bits per heavy atom. The van der Waals surface area contributed by atoms with E-state index in [1.807, 2.05) is 12.1 Å². The Bertz CT molecular complexity index is 324. The minimum Gasteiger partial charge on any atom is -0.488 e. The summed E-state index contributed by atoms with van der Waals surface area (Å²) < 4.78 is 5.34. The van der Waals surface area contributed by atoms with E-state index in [0.29, 0.717) is 10.8 Å². The molecule has 0 unspecified atom stereocenters. The molecule has 1 N–H and O–H groups in total. The van der Waals surface area contributed by atoms with Crippen LogP contribution in [0.3, 0.4) is 0 Å². The number of para-hydroxylation sites is 1. The summed E-state index contributed by atoms with van der Waals surface area (Å²) in [7, 11) is 0. The van der Waals surface area contributed by atoms with Crippen molar-refractivity contribution in [2.24, 2.45) is 0 Å². The average molecular weight is 233 g/mol. The molecule has 0 aliphatic carbocycles. The largest absolute Gasteiger partial charge is 0.488 e. The van der Waals surface area contributed by atoms with Gasteiger partial charge >= 0.3 is 0 Å². The number of aliphatic hydroxyl groups excluding tert-OH is 1. The molecule has 2 nitrogen and oxygen atoms in total. The van der Waals surface area contributed by atoms with Gasteiger partial charge in [0.05, 0.1) is 11.6 Å². The van der Waals surface area contributed by atoms with Gasteiger partial charge in [0.15, 0.2) is 0 Å². The highest BCUT2D eigenvalue weighted by Gasteiger charge is 2.01. The van der Waals surface area contributed by atoms with E-state index in [4.69, 9.17) is 33.0 Å². The molecular weight excluding hydrogens is 223 g/mol. The fourth-order valence-electron chi connectivity index (χ4n) is 0.953. The first kappa shape index (κ1) is 11.4. The van der Waals surface area contributed by atoms with Crippen molar-refractivity contribution in [2.45, 2.75) is 6.61 Å². The molecule has 0 fully saturated rings. The molecule has 4 heteroatoms. The quantitative estimate of drug-likeness (QED) is 0.866. The van der Waals surface area contributed by atoms with E-state index in [1.54, 1.807) is 12.1 Å². The van der Waals surface area contributed by atoms with Crippen molar-refractivity contribution >= 4 is 23.2 Å². The Morgan fingerprint density at radius 1 is 1.43 bits per heavy atom. The van der Waals surface area contributed by atoms with Gasteiger partial charge in [-0.25, -0.2) is 0 Å². The number of benzene rings is 1. The van der Waals surface area contributed by atoms with Crippen LogP contribution in [0.15, 0.2) is 34.8 Å². The second-order valence-electron chi connectivity index (χ2n) is 2.61. The van der Waals surface area contributed by atoms with Crippen LogP contribution in [0.25, 0.3) is 0 Å². The van der Waals surface area contributed by atoms with E-state index in [0.717, 1.165) is 5.56 Å². The molecule has 1 aromatic carbocycles. The summed E-state index contributed by atoms with van der Waals surface area (Å²) in [6, 6.07) is 7.21. The van der Waals surface area contributed by atoms with Crippen LogP contribution in [0.1, 0.15) is 5.56 Å². The van der Waals surface area contributed by atoms with Crippen LogP contribution in [0.4, 0.5) is 0 Å². The second kappa shape index (κ2) is 5.91. The fourth-order valence-corrected chi connectivity index (χ4v) is 1.07. The molecule has 0 aromatic heterocycles. The van der Waals surface area contributed by atoms with E-state index in [2.05, 4.69) is 0 Å². The smallest absolute Gasteiger partial charge is 0.125 e. The molecule has 0 spiro atoms. The highest BCUT2D eigenvalue weighted by Crippen LogP contribution is 2.18. The highest BCUT2D eigenvalue weighted by molar-refractivity contribution is 6.36. The Balaban J connectivity index is 2.66. The summed E-state index contributed by atoms with van der Waals surface area (Å²) >= 11 is 11.0. The van der Waals surface area contributed by atoms with Crippen LogP contribution in [0.5, 0.6) is 5.75 Å².